The van der Waals surface area contributed by atoms with Gasteiger partial charge in [-0.15, -0.1) is 22.7 Å². The second kappa shape index (κ2) is 8.89. The predicted octanol–water partition coefficient (Wildman–Crippen LogP) is 4.12. The van der Waals surface area contributed by atoms with Gasteiger partial charge < -0.3 is 10.2 Å². The minimum Gasteiger partial charge on any atom is -0.351 e. The number of nitrogens with zero attached hydrogens (tertiary/aromatic N) is 2. The van der Waals surface area contributed by atoms with E-state index in [1.54, 1.807) is 17.5 Å². The first-order chi connectivity index (χ1) is 12.2. The Bertz CT molecular complexity index is 784. The molecule has 0 aliphatic heterocycles. The van der Waals surface area contributed by atoms with Gasteiger partial charge in [0.2, 0.25) is 0 Å². The summed E-state index contributed by atoms with van der Waals surface area (Å²) in [5.41, 5.74) is 1.31. The molecular weight excluding hydrogens is 350 g/mol. The minimum absolute atomic E-state index is 0.0361. The largest absolute Gasteiger partial charge is 0.351 e. The molecule has 3 rings (SSSR count). The molecule has 0 aliphatic carbocycles. The molecule has 1 N–H and O–H groups in total. The summed E-state index contributed by atoms with van der Waals surface area (Å²) < 4.78 is 0. The summed E-state index contributed by atoms with van der Waals surface area (Å²) in [6.07, 6.45) is 2.59. The Morgan fingerprint density at radius 1 is 1.20 bits per heavy atom. The van der Waals surface area contributed by atoms with Crippen LogP contribution in [0.5, 0.6) is 0 Å². The molecule has 1 amide bonds. The van der Waals surface area contributed by atoms with Crippen molar-refractivity contribution in [3.8, 4) is 9.88 Å². The maximum Gasteiger partial charge on any atom is 0.263 e. The van der Waals surface area contributed by atoms with E-state index in [0.717, 1.165) is 29.4 Å². The van der Waals surface area contributed by atoms with Crippen molar-refractivity contribution in [3.63, 3.8) is 0 Å². The van der Waals surface area contributed by atoms with Gasteiger partial charge in [-0.25, -0.2) is 4.98 Å². The Labute approximate surface area is 156 Å². The zero-order valence-corrected chi connectivity index (χ0v) is 15.8. The van der Waals surface area contributed by atoms with E-state index >= 15 is 0 Å². The third-order valence-electron chi connectivity index (χ3n) is 3.76. The molecule has 6 heteroatoms. The van der Waals surface area contributed by atoms with Gasteiger partial charge >= 0.3 is 0 Å². The fourth-order valence-corrected chi connectivity index (χ4v) is 4.14. The Morgan fingerprint density at radius 2 is 2.04 bits per heavy atom. The average Bonchev–Trinajstić information content (AvgIpc) is 3.30. The average molecular weight is 372 g/mol. The zero-order chi connectivity index (χ0) is 17.5. The fourth-order valence-electron chi connectivity index (χ4n) is 2.51. The molecule has 1 aromatic carbocycles. The molecule has 2 heterocycles. The Balaban J connectivity index is 1.39. The topological polar surface area (TPSA) is 45.2 Å². The first kappa shape index (κ1) is 17.8. The molecule has 2 aromatic heterocycles. The van der Waals surface area contributed by atoms with Crippen LogP contribution in [0.1, 0.15) is 21.7 Å². The van der Waals surface area contributed by atoms with Gasteiger partial charge in [0, 0.05) is 13.1 Å². The standard InChI is InChI=1S/C19H21N3OS2/c1-22(14-15-7-3-2-4-8-15)11-6-10-20-18(23)17-13-21-19(25-17)16-9-5-12-24-16/h2-5,7-9,12-13H,6,10-11,14H2,1H3,(H,20,23). The van der Waals surface area contributed by atoms with Crippen molar-refractivity contribution in [2.75, 3.05) is 20.1 Å². The van der Waals surface area contributed by atoms with Gasteiger partial charge in [0.15, 0.2) is 0 Å². The van der Waals surface area contributed by atoms with Gasteiger partial charge in [0.25, 0.3) is 5.91 Å². The van der Waals surface area contributed by atoms with Gasteiger partial charge in [-0.3, -0.25) is 4.79 Å². The number of amides is 1. The molecular formula is C19H21N3OS2. The smallest absolute Gasteiger partial charge is 0.263 e. The summed E-state index contributed by atoms with van der Waals surface area (Å²) in [6.45, 7) is 2.54. The number of hydrogen-bond donors (Lipinski definition) is 1. The van der Waals surface area contributed by atoms with Crippen LogP contribution in [0, 0.1) is 0 Å². The van der Waals surface area contributed by atoms with E-state index in [1.165, 1.54) is 16.9 Å². The van der Waals surface area contributed by atoms with Crippen LogP contribution >= 0.6 is 22.7 Å². The summed E-state index contributed by atoms with van der Waals surface area (Å²) in [7, 11) is 2.10. The lowest BCUT2D eigenvalue weighted by Gasteiger charge is -2.16. The third-order valence-corrected chi connectivity index (χ3v) is 5.79. The number of carbonyl (C=O) groups is 1. The van der Waals surface area contributed by atoms with E-state index < -0.39 is 0 Å². The van der Waals surface area contributed by atoms with Gasteiger partial charge in [0.05, 0.1) is 11.1 Å². The molecule has 25 heavy (non-hydrogen) atoms. The molecule has 0 radical (unpaired) electrons. The second-order valence-corrected chi connectivity index (χ2v) is 7.82. The van der Waals surface area contributed by atoms with Crippen molar-refractivity contribution in [1.82, 2.24) is 15.2 Å². The van der Waals surface area contributed by atoms with Gasteiger partial charge in [-0.1, -0.05) is 36.4 Å². The van der Waals surface area contributed by atoms with Crippen LogP contribution in [-0.2, 0) is 6.54 Å². The molecule has 0 bridgehead atoms. The van der Waals surface area contributed by atoms with Crippen molar-refractivity contribution in [2.24, 2.45) is 0 Å². The van der Waals surface area contributed by atoms with E-state index in [-0.39, 0.29) is 5.91 Å². The molecule has 0 fully saturated rings. The number of benzene rings is 1. The normalized spacial score (nSPS) is 11.0. The van der Waals surface area contributed by atoms with Crippen LogP contribution in [0.4, 0.5) is 0 Å². The van der Waals surface area contributed by atoms with Gasteiger partial charge in [0.1, 0.15) is 9.88 Å². The highest BCUT2D eigenvalue weighted by molar-refractivity contribution is 7.21. The van der Waals surface area contributed by atoms with Crippen molar-refractivity contribution < 1.29 is 4.79 Å². The summed E-state index contributed by atoms with van der Waals surface area (Å²) in [5, 5.41) is 5.91. The highest BCUT2D eigenvalue weighted by Gasteiger charge is 2.11. The quantitative estimate of drug-likeness (QED) is 0.606. The first-order valence-corrected chi connectivity index (χ1v) is 9.92. The number of carbonyl (C=O) groups excluding carboxylic acids is 1. The van der Waals surface area contributed by atoms with E-state index in [0.29, 0.717) is 11.4 Å². The monoisotopic (exact) mass is 371 g/mol. The van der Waals surface area contributed by atoms with Crippen LogP contribution in [0.2, 0.25) is 0 Å². The molecule has 130 valence electrons. The zero-order valence-electron chi connectivity index (χ0n) is 14.1. The number of aromatic nitrogens is 1. The molecule has 0 unspecified atom stereocenters. The lowest BCUT2D eigenvalue weighted by molar-refractivity contribution is 0.0955. The van der Waals surface area contributed by atoms with E-state index in [9.17, 15) is 4.79 Å². The minimum atomic E-state index is -0.0361. The molecule has 0 spiro atoms. The van der Waals surface area contributed by atoms with Crippen LogP contribution in [0.3, 0.4) is 0 Å². The summed E-state index contributed by atoms with van der Waals surface area (Å²) in [5.74, 6) is -0.0361. The maximum atomic E-state index is 12.2. The second-order valence-electron chi connectivity index (χ2n) is 5.84. The van der Waals surface area contributed by atoms with Crippen LogP contribution in [0.25, 0.3) is 9.88 Å². The number of nitrogens with one attached hydrogen (secondary N) is 1. The molecule has 3 aromatic rings. The van der Waals surface area contributed by atoms with Crippen molar-refractivity contribution >= 4 is 28.6 Å². The highest BCUT2D eigenvalue weighted by atomic mass is 32.1. The van der Waals surface area contributed by atoms with Crippen molar-refractivity contribution in [1.29, 1.82) is 0 Å². The molecule has 0 saturated carbocycles. The Kier molecular flexibility index (Phi) is 6.33. The number of hydrogen-bond acceptors (Lipinski definition) is 5. The Morgan fingerprint density at radius 3 is 2.80 bits per heavy atom. The van der Waals surface area contributed by atoms with Gasteiger partial charge in [-0.2, -0.15) is 0 Å². The first-order valence-electron chi connectivity index (χ1n) is 8.23. The molecule has 4 nitrogen and oxygen atoms in total. The third kappa shape index (κ3) is 5.22. The van der Waals surface area contributed by atoms with E-state index in [2.05, 4.69) is 46.5 Å². The number of thiophene rings is 1. The van der Waals surface area contributed by atoms with Crippen LogP contribution in [-0.4, -0.2) is 35.9 Å². The fraction of sp³-hybridized carbons (Fsp3) is 0.263. The highest BCUT2D eigenvalue weighted by Crippen LogP contribution is 2.28. The lowest BCUT2D eigenvalue weighted by Crippen LogP contribution is -2.27. The van der Waals surface area contributed by atoms with E-state index in [1.807, 2.05) is 23.6 Å². The Hall–Kier alpha value is -2.02. The number of rotatable bonds is 8. The van der Waals surface area contributed by atoms with Gasteiger partial charge in [-0.05, 0) is 37.0 Å². The van der Waals surface area contributed by atoms with E-state index in [4.69, 9.17) is 0 Å². The van der Waals surface area contributed by atoms with Crippen LogP contribution in [0.15, 0.2) is 54.0 Å². The molecule has 0 atom stereocenters. The summed E-state index contributed by atoms with van der Waals surface area (Å²) in [4.78, 5) is 20.6. The maximum absolute atomic E-state index is 12.2. The molecule has 0 saturated heterocycles. The van der Waals surface area contributed by atoms with Crippen molar-refractivity contribution in [3.05, 3.63) is 64.5 Å². The van der Waals surface area contributed by atoms with Crippen molar-refractivity contribution in [2.45, 2.75) is 13.0 Å². The SMILES string of the molecule is CN(CCCNC(=O)c1cnc(-c2cccs2)s1)Cc1ccccc1. The number of thiazole rings is 1. The summed E-state index contributed by atoms with van der Waals surface area (Å²) in [6, 6.07) is 14.4. The lowest BCUT2D eigenvalue weighted by atomic mass is 10.2. The molecule has 0 aliphatic rings. The van der Waals surface area contributed by atoms with Crippen LogP contribution < -0.4 is 5.32 Å². The predicted molar refractivity (Wildman–Crippen MR) is 105 cm³/mol. The summed E-state index contributed by atoms with van der Waals surface area (Å²) >= 11 is 3.08.